The summed E-state index contributed by atoms with van der Waals surface area (Å²) in [5, 5.41) is 0. The van der Waals surface area contributed by atoms with Gasteiger partial charge < -0.3 is 14.4 Å². The smallest absolute Gasteiger partial charge is 0.338 e. The molecule has 0 N–H and O–H groups in total. The van der Waals surface area contributed by atoms with E-state index in [9.17, 15) is 4.79 Å². The van der Waals surface area contributed by atoms with Crippen molar-refractivity contribution in [2.75, 3.05) is 20.2 Å². The Labute approximate surface area is 225 Å². The Hall–Kier alpha value is -2.33. The number of ether oxygens (including phenoxy) is 2. The van der Waals surface area contributed by atoms with Gasteiger partial charge in [0.25, 0.3) is 0 Å². The molecule has 0 unspecified atom stereocenters. The SMILES string of the molecule is CCCCCCCCOc1ccc(-c2ccc(C(=O)OC3CCC(N(C)C[C@@H](C)CC)CC3)cc2)cc1. The first-order valence-electron chi connectivity index (χ1n) is 14.7. The highest BCUT2D eigenvalue weighted by atomic mass is 16.5. The van der Waals surface area contributed by atoms with E-state index < -0.39 is 0 Å². The molecule has 0 spiro atoms. The van der Waals surface area contributed by atoms with Gasteiger partial charge in [0, 0.05) is 12.6 Å². The number of nitrogens with zero attached hydrogens (tertiary/aromatic N) is 1. The Balaban J connectivity index is 1.41. The third kappa shape index (κ3) is 9.81. The van der Waals surface area contributed by atoms with Gasteiger partial charge in [0.1, 0.15) is 11.9 Å². The second kappa shape index (κ2) is 15.8. The number of unbranched alkanes of at least 4 members (excludes halogenated alkanes) is 5. The summed E-state index contributed by atoms with van der Waals surface area (Å²) in [6, 6.07) is 16.6. The molecule has 4 heteroatoms. The highest BCUT2D eigenvalue weighted by molar-refractivity contribution is 5.90. The van der Waals surface area contributed by atoms with Gasteiger partial charge >= 0.3 is 5.97 Å². The van der Waals surface area contributed by atoms with Crippen molar-refractivity contribution in [1.29, 1.82) is 0 Å². The fourth-order valence-electron chi connectivity index (χ4n) is 5.21. The molecule has 2 aromatic rings. The summed E-state index contributed by atoms with van der Waals surface area (Å²) < 4.78 is 11.8. The Morgan fingerprint density at radius 3 is 2.08 bits per heavy atom. The molecular weight excluding hydrogens is 458 g/mol. The van der Waals surface area contributed by atoms with Crippen molar-refractivity contribution in [3.63, 3.8) is 0 Å². The minimum Gasteiger partial charge on any atom is -0.494 e. The van der Waals surface area contributed by atoms with Gasteiger partial charge in [0.15, 0.2) is 0 Å². The predicted octanol–water partition coefficient (Wildman–Crippen LogP) is 8.54. The van der Waals surface area contributed by atoms with Crippen LogP contribution in [0.1, 0.15) is 102 Å². The molecule has 4 nitrogen and oxygen atoms in total. The Kier molecular flexibility index (Phi) is 12.5. The molecule has 1 aliphatic rings. The third-order valence-electron chi connectivity index (χ3n) is 7.91. The largest absolute Gasteiger partial charge is 0.494 e. The van der Waals surface area contributed by atoms with Crippen molar-refractivity contribution < 1.29 is 14.3 Å². The molecular formula is C33H49NO3. The molecule has 0 heterocycles. The van der Waals surface area contributed by atoms with Gasteiger partial charge in [-0.25, -0.2) is 4.79 Å². The fraction of sp³-hybridized carbons (Fsp3) is 0.606. The van der Waals surface area contributed by atoms with Crippen molar-refractivity contribution in [1.82, 2.24) is 4.90 Å². The third-order valence-corrected chi connectivity index (χ3v) is 7.91. The molecule has 2 aromatic carbocycles. The zero-order valence-corrected chi connectivity index (χ0v) is 23.7. The number of hydrogen-bond acceptors (Lipinski definition) is 4. The van der Waals surface area contributed by atoms with Crippen LogP contribution in [0.25, 0.3) is 11.1 Å². The van der Waals surface area contributed by atoms with E-state index in [1.165, 1.54) is 38.5 Å². The molecule has 0 aromatic heterocycles. The maximum Gasteiger partial charge on any atom is 0.338 e. The van der Waals surface area contributed by atoms with Crippen molar-refractivity contribution in [2.24, 2.45) is 5.92 Å². The van der Waals surface area contributed by atoms with Crippen molar-refractivity contribution >= 4 is 5.97 Å². The molecule has 1 aliphatic carbocycles. The number of carbonyl (C=O) groups excluding carboxylic acids is 1. The topological polar surface area (TPSA) is 38.8 Å². The first-order valence-corrected chi connectivity index (χ1v) is 14.7. The first-order chi connectivity index (χ1) is 18.0. The average molecular weight is 508 g/mol. The van der Waals surface area contributed by atoms with E-state index in [1.54, 1.807) is 0 Å². The lowest BCUT2D eigenvalue weighted by atomic mass is 9.91. The van der Waals surface area contributed by atoms with E-state index in [0.717, 1.165) is 68.1 Å². The van der Waals surface area contributed by atoms with Gasteiger partial charge in [0.2, 0.25) is 0 Å². The molecule has 0 radical (unpaired) electrons. The van der Waals surface area contributed by atoms with Crippen LogP contribution in [-0.2, 0) is 4.74 Å². The van der Waals surface area contributed by atoms with E-state index in [-0.39, 0.29) is 12.1 Å². The van der Waals surface area contributed by atoms with Crippen LogP contribution in [0.2, 0.25) is 0 Å². The fourth-order valence-corrected chi connectivity index (χ4v) is 5.21. The minimum atomic E-state index is -0.207. The molecule has 0 saturated heterocycles. The maximum atomic E-state index is 12.8. The van der Waals surface area contributed by atoms with Gasteiger partial charge in [-0.1, -0.05) is 83.6 Å². The first kappa shape index (κ1) is 29.2. The van der Waals surface area contributed by atoms with Crippen LogP contribution in [0.15, 0.2) is 48.5 Å². The maximum absolute atomic E-state index is 12.8. The molecule has 0 bridgehead atoms. The summed E-state index contributed by atoms with van der Waals surface area (Å²) in [5.41, 5.74) is 2.83. The zero-order chi connectivity index (χ0) is 26.5. The van der Waals surface area contributed by atoms with E-state index in [1.807, 2.05) is 36.4 Å². The Morgan fingerprint density at radius 2 is 1.46 bits per heavy atom. The van der Waals surface area contributed by atoms with E-state index in [2.05, 4.69) is 44.9 Å². The monoisotopic (exact) mass is 507 g/mol. The van der Waals surface area contributed by atoms with Crippen LogP contribution in [-0.4, -0.2) is 43.2 Å². The lowest BCUT2D eigenvalue weighted by Gasteiger charge is -2.35. The number of rotatable bonds is 15. The van der Waals surface area contributed by atoms with Crippen LogP contribution < -0.4 is 4.74 Å². The van der Waals surface area contributed by atoms with Gasteiger partial charge in [-0.15, -0.1) is 0 Å². The van der Waals surface area contributed by atoms with Crippen LogP contribution in [0, 0.1) is 5.92 Å². The second-order valence-corrected chi connectivity index (χ2v) is 11.0. The molecule has 3 rings (SSSR count). The molecule has 0 amide bonds. The van der Waals surface area contributed by atoms with Crippen LogP contribution in [0.4, 0.5) is 0 Å². The summed E-state index contributed by atoms with van der Waals surface area (Å²) in [4.78, 5) is 15.3. The highest BCUT2D eigenvalue weighted by Gasteiger charge is 2.27. The Morgan fingerprint density at radius 1 is 0.865 bits per heavy atom. The summed E-state index contributed by atoms with van der Waals surface area (Å²) in [5.74, 6) is 1.43. The minimum absolute atomic E-state index is 0.0318. The summed E-state index contributed by atoms with van der Waals surface area (Å²) in [6.07, 6.45) is 13.0. The molecule has 204 valence electrons. The number of esters is 1. The molecule has 1 atom stereocenters. The predicted molar refractivity (Wildman–Crippen MR) is 154 cm³/mol. The Bertz CT molecular complexity index is 900. The van der Waals surface area contributed by atoms with Gasteiger partial charge in [-0.3, -0.25) is 0 Å². The normalized spacial score (nSPS) is 18.5. The molecule has 37 heavy (non-hydrogen) atoms. The average Bonchev–Trinajstić information content (AvgIpc) is 2.93. The van der Waals surface area contributed by atoms with Crippen molar-refractivity contribution in [3.05, 3.63) is 54.1 Å². The van der Waals surface area contributed by atoms with Gasteiger partial charge in [0.05, 0.1) is 12.2 Å². The van der Waals surface area contributed by atoms with Crippen molar-refractivity contribution in [2.45, 2.75) is 104 Å². The van der Waals surface area contributed by atoms with Gasteiger partial charge in [-0.05, 0) is 80.5 Å². The second-order valence-electron chi connectivity index (χ2n) is 11.0. The molecule has 1 fully saturated rings. The molecule has 1 saturated carbocycles. The van der Waals surface area contributed by atoms with E-state index in [0.29, 0.717) is 11.6 Å². The quantitative estimate of drug-likeness (QED) is 0.179. The van der Waals surface area contributed by atoms with Crippen LogP contribution in [0.5, 0.6) is 5.75 Å². The van der Waals surface area contributed by atoms with E-state index in [4.69, 9.17) is 9.47 Å². The zero-order valence-electron chi connectivity index (χ0n) is 23.7. The lowest BCUT2D eigenvalue weighted by molar-refractivity contribution is 0.0121. The summed E-state index contributed by atoms with van der Waals surface area (Å²) >= 11 is 0. The molecule has 0 aliphatic heterocycles. The number of carbonyl (C=O) groups is 1. The van der Waals surface area contributed by atoms with Crippen molar-refractivity contribution in [3.8, 4) is 16.9 Å². The summed E-state index contributed by atoms with van der Waals surface area (Å²) in [6.45, 7) is 8.74. The van der Waals surface area contributed by atoms with Gasteiger partial charge in [-0.2, -0.15) is 0 Å². The van der Waals surface area contributed by atoms with Crippen LogP contribution >= 0.6 is 0 Å². The number of hydrogen-bond donors (Lipinski definition) is 0. The number of benzene rings is 2. The lowest BCUT2D eigenvalue weighted by Crippen LogP contribution is -2.39. The summed E-state index contributed by atoms with van der Waals surface area (Å²) in [7, 11) is 2.24. The highest BCUT2D eigenvalue weighted by Crippen LogP contribution is 2.27. The van der Waals surface area contributed by atoms with Crippen LogP contribution in [0.3, 0.4) is 0 Å². The van der Waals surface area contributed by atoms with E-state index >= 15 is 0 Å². The standard InChI is InChI=1S/C33H49NO3/c1-5-7-8-9-10-11-24-36-31-20-16-28(17-21-31)27-12-14-29(15-13-27)33(35)37-32-22-18-30(19-23-32)34(4)25-26(3)6-2/h12-17,20-21,26,30,32H,5-11,18-19,22-25H2,1-4H3/t26-,30?,32?/m0/s1.